The van der Waals surface area contributed by atoms with Crippen LogP contribution in [0.15, 0.2) is 69.0 Å². The first-order chi connectivity index (χ1) is 10.2. The number of nitrogens with zero attached hydrogens (tertiary/aromatic N) is 1. The van der Waals surface area contributed by atoms with Crippen molar-refractivity contribution in [2.45, 2.75) is 4.90 Å². The lowest BCUT2D eigenvalue weighted by Crippen LogP contribution is -2.14. The van der Waals surface area contributed by atoms with E-state index in [1.165, 1.54) is 16.7 Å². The van der Waals surface area contributed by atoms with E-state index in [1.54, 1.807) is 12.3 Å². The second kappa shape index (κ2) is 5.87. The monoisotopic (exact) mass is 359 g/mol. The summed E-state index contributed by atoms with van der Waals surface area (Å²) in [5.41, 5.74) is 1.39. The molecule has 0 saturated heterocycles. The molecule has 0 atom stereocenters. The molecular formula is C16H10BrNO2S. The van der Waals surface area contributed by atoms with Crippen LogP contribution in [-0.2, 0) is 4.79 Å². The number of hydrogen-bond donors (Lipinski definition) is 0. The number of anilines is 1. The van der Waals surface area contributed by atoms with Crippen molar-refractivity contribution in [3.63, 3.8) is 0 Å². The zero-order valence-electron chi connectivity index (χ0n) is 10.8. The van der Waals surface area contributed by atoms with Crippen molar-refractivity contribution >= 4 is 45.6 Å². The zero-order chi connectivity index (χ0) is 14.8. The largest absolute Gasteiger partial charge is 0.289 e. The molecule has 3 rings (SSSR count). The van der Waals surface area contributed by atoms with Crippen LogP contribution in [0.4, 0.5) is 5.69 Å². The maximum Gasteiger partial charge on any atom is 0.218 e. The van der Waals surface area contributed by atoms with E-state index in [4.69, 9.17) is 0 Å². The Kier molecular flexibility index (Phi) is 3.94. The Balaban J connectivity index is 1.95. The molecule has 0 unspecified atom stereocenters. The van der Waals surface area contributed by atoms with E-state index < -0.39 is 0 Å². The van der Waals surface area contributed by atoms with Gasteiger partial charge in [-0.1, -0.05) is 45.9 Å². The van der Waals surface area contributed by atoms with Crippen LogP contribution in [0.25, 0.3) is 0 Å². The van der Waals surface area contributed by atoms with Gasteiger partial charge in [0.1, 0.15) is 0 Å². The number of benzene rings is 2. The molecule has 0 saturated carbocycles. The lowest BCUT2D eigenvalue weighted by atomic mass is 10.1. The molecule has 0 radical (unpaired) electrons. The molecule has 1 amide bonds. The van der Waals surface area contributed by atoms with Crippen LogP contribution in [0.1, 0.15) is 10.4 Å². The highest BCUT2D eigenvalue weighted by Crippen LogP contribution is 2.40. The van der Waals surface area contributed by atoms with Crippen molar-refractivity contribution in [1.29, 1.82) is 0 Å². The number of carbonyl (C=O) groups excluding carboxylic acids is 2. The van der Waals surface area contributed by atoms with Crippen LogP contribution in [-0.4, -0.2) is 12.2 Å². The van der Waals surface area contributed by atoms with E-state index in [0.717, 1.165) is 9.37 Å². The Morgan fingerprint density at radius 1 is 1.10 bits per heavy atom. The minimum Gasteiger partial charge on any atom is -0.289 e. The molecule has 0 fully saturated rings. The van der Waals surface area contributed by atoms with Crippen molar-refractivity contribution in [2.24, 2.45) is 0 Å². The smallest absolute Gasteiger partial charge is 0.218 e. The molecule has 104 valence electrons. The number of rotatable bonds is 3. The molecule has 0 bridgehead atoms. The van der Waals surface area contributed by atoms with Gasteiger partial charge < -0.3 is 0 Å². The van der Waals surface area contributed by atoms with E-state index in [9.17, 15) is 9.59 Å². The van der Waals surface area contributed by atoms with Gasteiger partial charge in [0.25, 0.3) is 0 Å². The van der Waals surface area contributed by atoms with Crippen LogP contribution in [0.5, 0.6) is 0 Å². The number of Topliss-reactive ketones (excluding diaryl/α,β-unsaturated/α-hetero) is 1. The van der Waals surface area contributed by atoms with Crippen LogP contribution >= 0.6 is 27.7 Å². The summed E-state index contributed by atoms with van der Waals surface area (Å²) >= 11 is 4.76. The van der Waals surface area contributed by atoms with Crippen molar-refractivity contribution in [1.82, 2.24) is 0 Å². The van der Waals surface area contributed by atoms with Crippen LogP contribution in [0.2, 0.25) is 0 Å². The standard InChI is InChI=1S/C16H10BrNO2S/c17-11-4-3-5-12(8-11)18(10-19)9-15-16(20)13-6-1-2-7-14(13)21-15/h1-10H/b15-9-. The number of allylic oxidation sites excluding steroid dienone is 1. The molecule has 3 nitrogen and oxygen atoms in total. The van der Waals surface area contributed by atoms with Crippen molar-refractivity contribution < 1.29 is 9.59 Å². The van der Waals surface area contributed by atoms with Gasteiger partial charge in [-0.2, -0.15) is 0 Å². The third kappa shape index (κ3) is 2.80. The van der Waals surface area contributed by atoms with Crippen LogP contribution in [0, 0.1) is 0 Å². The van der Waals surface area contributed by atoms with Gasteiger partial charge in [0, 0.05) is 26.8 Å². The molecule has 5 heteroatoms. The van der Waals surface area contributed by atoms with Gasteiger partial charge in [-0.25, -0.2) is 0 Å². The third-order valence-corrected chi connectivity index (χ3v) is 4.63. The Bertz CT molecular complexity index is 757. The topological polar surface area (TPSA) is 37.4 Å². The quantitative estimate of drug-likeness (QED) is 0.607. The second-order valence-corrected chi connectivity index (χ2v) is 6.41. The Morgan fingerprint density at radius 2 is 1.90 bits per heavy atom. The minimum absolute atomic E-state index is 0.0440. The average molecular weight is 360 g/mol. The predicted molar refractivity (Wildman–Crippen MR) is 87.4 cm³/mol. The maximum atomic E-state index is 12.3. The number of ketones is 1. The van der Waals surface area contributed by atoms with Gasteiger partial charge in [-0.3, -0.25) is 14.5 Å². The third-order valence-electron chi connectivity index (χ3n) is 3.05. The maximum absolute atomic E-state index is 12.3. The minimum atomic E-state index is -0.0440. The number of carbonyl (C=O) groups is 2. The summed E-state index contributed by atoms with van der Waals surface area (Å²) in [6.45, 7) is 0. The number of fused-ring (bicyclic) bond motifs is 1. The molecule has 0 spiro atoms. The second-order valence-electron chi connectivity index (χ2n) is 4.41. The molecule has 1 aliphatic rings. The molecule has 2 aromatic rings. The number of amides is 1. The first-order valence-corrected chi connectivity index (χ1v) is 7.82. The predicted octanol–water partition coefficient (Wildman–Crippen LogP) is 4.24. The summed E-state index contributed by atoms with van der Waals surface area (Å²) in [5.74, 6) is -0.0440. The van der Waals surface area contributed by atoms with Crippen LogP contribution in [0.3, 0.4) is 0 Å². The van der Waals surface area contributed by atoms with Gasteiger partial charge in [-0.15, -0.1) is 0 Å². The molecule has 2 aromatic carbocycles. The van der Waals surface area contributed by atoms with E-state index in [-0.39, 0.29) is 5.78 Å². The summed E-state index contributed by atoms with van der Waals surface area (Å²) < 4.78 is 0.874. The normalized spacial score (nSPS) is 15.1. The molecule has 0 N–H and O–H groups in total. The zero-order valence-corrected chi connectivity index (χ0v) is 13.2. The fourth-order valence-electron chi connectivity index (χ4n) is 2.05. The SMILES string of the molecule is O=CN(/C=C1\Sc2ccccc2C1=O)c1cccc(Br)c1. The Hall–Kier alpha value is -1.85. The fraction of sp³-hybridized carbons (Fsp3) is 0. The molecular weight excluding hydrogens is 350 g/mol. The fourth-order valence-corrected chi connectivity index (χ4v) is 3.46. The van der Waals surface area contributed by atoms with Crippen molar-refractivity contribution in [3.8, 4) is 0 Å². The Morgan fingerprint density at radius 3 is 2.62 bits per heavy atom. The molecule has 0 aliphatic carbocycles. The number of thioether (sulfide) groups is 1. The van der Waals surface area contributed by atoms with Gasteiger partial charge >= 0.3 is 0 Å². The Labute approximate surface area is 134 Å². The molecule has 1 heterocycles. The first kappa shape index (κ1) is 14.1. The van der Waals surface area contributed by atoms with Crippen LogP contribution < -0.4 is 4.90 Å². The highest BCUT2D eigenvalue weighted by atomic mass is 79.9. The summed E-state index contributed by atoms with van der Waals surface area (Å²) in [6.07, 6.45) is 2.29. The summed E-state index contributed by atoms with van der Waals surface area (Å²) in [7, 11) is 0. The van der Waals surface area contributed by atoms with E-state index >= 15 is 0 Å². The van der Waals surface area contributed by atoms with Crippen molar-refractivity contribution in [2.75, 3.05) is 4.90 Å². The van der Waals surface area contributed by atoms with E-state index in [1.807, 2.05) is 42.5 Å². The van der Waals surface area contributed by atoms with Gasteiger partial charge in [-0.05, 0) is 30.3 Å². The molecule has 1 aliphatic heterocycles. The summed E-state index contributed by atoms with van der Waals surface area (Å²) in [5, 5.41) is 0. The van der Waals surface area contributed by atoms with Gasteiger partial charge in [0.15, 0.2) is 0 Å². The van der Waals surface area contributed by atoms with Gasteiger partial charge in [0.05, 0.1) is 4.91 Å². The summed E-state index contributed by atoms with van der Waals surface area (Å²) in [6, 6.07) is 14.8. The van der Waals surface area contributed by atoms with E-state index in [0.29, 0.717) is 22.6 Å². The summed E-state index contributed by atoms with van der Waals surface area (Å²) in [4.78, 5) is 26.5. The van der Waals surface area contributed by atoms with Crippen molar-refractivity contribution in [3.05, 3.63) is 69.7 Å². The number of halogens is 1. The lowest BCUT2D eigenvalue weighted by Gasteiger charge is -2.13. The first-order valence-electron chi connectivity index (χ1n) is 6.21. The molecule has 0 aromatic heterocycles. The van der Waals surface area contributed by atoms with Gasteiger partial charge in [0.2, 0.25) is 12.2 Å². The average Bonchev–Trinajstić information content (AvgIpc) is 2.81. The highest BCUT2D eigenvalue weighted by Gasteiger charge is 2.26. The molecule has 21 heavy (non-hydrogen) atoms. The number of hydrogen-bond acceptors (Lipinski definition) is 3. The highest BCUT2D eigenvalue weighted by molar-refractivity contribution is 9.10. The van der Waals surface area contributed by atoms with E-state index in [2.05, 4.69) is 15.9 Å². The lowest BCUT2D eigenvalue weighted by molar-refractivity contribution is -0.106.